The number of fused-ring (bicyclic) bond motifs is 1. The summed E-state index contributed by atoms with van der Waals surface area (Å²) in [6.07, 6.45) is 3.18. The Morgan fingerprint density at radius 2 is 2.17 bits per heavy atom. The highest BCUT2D eigenvalue weighted by Crippen LogP contribution is 2.34. The average Bonchev–Trinajstić information content (AvgIpc) is 2.52. The summed E-state index contributed by atoms with van der Waals surface area (Å²) in [6.45, 7) is 6.91. The van der Waals surface area contributed by atoms with Gasteiger partial charge in [0.05, 0.1) is 12.5 Å². The fourth-order valence-electron chi connectivity index (χ4n) is 3.56. The predicted octanol–water partition coefficient (Wildman–Crippen LogP) is 2.87. The average molecular weight is 339 g/mol. The highest BCUT2D eigenvalue weighted by atomic mass is 35.5. The molecule has 1 saturated heterocycles. The molecule has 0 saturated carbocycles. The number of nitrogens with one attached hydrogen (secondary N) is 2. The lowest BCUT2D eigenvalue weighted by Gasteiger charge is -2.39. The minimum absolute atomic E-state index is 0. The van der Waals surface area contributed by atoms with Crippen molar-refractivity contribution >= 4 is 18.3 Å². The SMILES string of the molecule is CC1(C)CCCNC1CNC(=O)C1CCOc2ccccc21.Cl. The molecule has 0 radical (unpaired) electrons. The smallest absolute Gasteiger partial charge is 0.227 e. The lowest BCUT2D eigenvalue weighted by Crippen LogP contribution is -2.53. The molecule has 1 amide bonds. The number of piperidine rings is 1. The standard InChI is InChI=1S/C18H26N2O2.ClH/c1-18(2)9-5-10-19-16(18)12-20-17(21)14-8-11-22-15-7-4-3-6-13(14)15;/h3-4,6-7,14,16,19H,5,8-12H2,1-2H3,(H,20,21);1H. The van der Waals surface area contributed by atoms with Gasteiger partial charge in [-0.1, -0.05) is 32.0 Å². The van der Waals surface area contributed by atoms with E-state index in [1.807, 2.05) is 24.3 Å². The van der Waals surface area contributed by atoms with E-state index in [0.29, 0.717) is 19.2 Å². The van der Waals surface area contributed by atoms with Gasteiger partial charge >= 0.3 is 0 Å². The number of para-hydroxylation sites is 1. The summed E-state index contributed by atoms with van der Waals surface area (Å²) in [5.41, 5.74) is 1.25. The van der Waals surface area contributed by atoms with Crippen LogP contribution in [0.5, 0.6) is 5.75 Å². The molecule has 128 valence electrons. The number of halogens is 1. The molecule has 23 heavy (non-hydrogen) atoms. The lowest BCUT2D eigenvalue weighted by molar-refractivity contribution is -0.123. The van der Waals surface area contributed by atoms with Crippen molar-refractivity contribution in [1.82, 2.24) is 10.6 Å². The number of amides is 1. The summed E-state index contributed by atoms with van der Waals surface area (Å²) in [4.78, 5) is 12.6. The first-order valence-electron chi connectivity index (χ1n) is 8.31. The molecule has 2 atom stereocenters. The van der Waals surface area contributed by atoms with E-state index in [1.54, 1.807) is 0 Å². The van der Waals surface area contributed by atoms with Crippen LogP contribution >= 0.6 is 12.4 Å². The van der Waals surface area contributed by atoms with Crippen LogP contribution in [0.2, 0.25) is 0 Å². The summed E-state index contributed by atoms with van der Waals surface area (Å²) in [5, 5.41) is 6.71. The molecule has 3 rings (SSSR count). The normalized spacial score (nSPS) is 25.5. The van der Waals surface area contributed by atoms with Crippen LogP contribution in [0.4, 0.5) is 0 Å². The van der Waals surface area contributed by atoms with Gasteiger partial charge in [-0.05, 0) is 37.3 Å². The lowest BCUT2D eigenvalue weighted by atomic mass is 9.77. The Labute approximate surface area is 144 Å². The number of carbonyl (C=O) groups excluding carboxylic acids is 1. The van der Waals surface area contributed by atoms with Crippen LogP contribution in [0.1, 0.15) is 44.6 Å². The van der Waals surface area contributed by atoms with Gasteiger partial charge in [-0.25, -0.2) is 0 Å². The molecule has 2 N–H and O–H groups in total. The Morgan fingerprint density at radius 1 is 1.39 bits per heavy atom. The zero-order chi connectivity index (χ0) is 15.6. The zero-order valence-corrected chi connectivity index (χ0v) is 14.7. The number of rotatable bonds is 3. The molecular formula is C18H27ClN2O2. The number of carbonyl (C=O) groups is 1. The third-order valence-electron chi connectivity index (χ3n) is 5.09. The van der Waals surface area contributed by atoms with Gasteiger partial charge in [-0.2, -0.15) is 0 Å². The second kappa shape index (κ2) is 7.54. The molecule has 0 spiro atoms. The van der Waals surface area contributed by atoms with Gasteiger partial charge in [0.15, 0.2) is 0 Å². The Kier molecular flexibility index (Phi) is 5.93. The first-order valence-corrected chi connectivity index (χ1v) is 8.31. The van der Waals surface area contributed by atoms with Crippen molar-refractivity contribution in [2.75, 3.05) is 19.7 Å². The van der Waals surface area contributed by atoms with Crippen LogP contribution < -0.4 is 15.4 Å². The van der Waals surface area contributed by atoms with E-state index in [4.69, 9.17) is 4.74 Å². The number of benzene rings is 1. The minimum Gasteiger partial charge on any atom is -0.493 e. The van der Waals surface area contributed by atoms with Gasteiger partial charge in [0, 0.05) is 18.2 Å². The van der Waals surface area contributed by atoms with Crippen molar-refractivity contribution in [1.29, 1.82) is 0 Å². The van der Waals surface area contributed by atoms with Crippen LogP contribution in [-0.4, -0.2) is 31.6 Å². The Bertz CT molecular complexity index is 548. The van der Waals surface area contributed by atoms with Crippen molar-refractivity contribution in [3.8, 4) is 5.75 Å². The Hall–Kier alpha value is -1.26. The topological polar surface area (TPSA) is 50.4 Å². The number of hydrogen-bond donors (Lipinski definition) is 2. The van der Waals surface area contributed by atoms with Gasteiger partial charge in [0.1, 0.15) is 5.75 Å². The van der Waals surface area contributed by atoms with Gasteiger partial charge in [-0.15, -0.1) is 12.4 Å². The van der Waals surface area contributed by atoms with Gasteiger partial charge in [0.25, 0.3) is 0 Å². The third-order valence-corrected chi connectivity index (χ3v) is 5.09. The molecule has 1 aromatic carbocycles. The first-order chi connectivity index (χ1) is 10.6. The largest absolute Gasteiger partial charge is 0.493 e. The molecule has 4 nitrogen and oxygen atoms in total. The van der Waals surface area contributed by atoms with Crippen molar-refractivity contribution < 1.29 is 9.53 Å². The monoisotopic (exact) mass is 338 g/mol. The van der Waals surface area contributed by atoms with Gasteiger partial charge < -0.3 is 15.4 Å². The number of hydrogen-bond acceptors (Lipinski definition) is 3. The van der Waals surface area contributed by atoms with Crippen molar-refractivity contribution in [2.45, 2.75) is 45.1 Å². The molecule has 0 aliphatic carbocycles. The van der Waals surface area contributed by atoms with E-state index < -0.39 is 0 Å². The van der Waals surface area contributed by atoms with E-state index in [9.17, 15) is 4.79 Å². The van der Waals surface area contributed by atoms with E-state index >= 15 is 0 Å². The minimum atomic E-state index is -0.0864. The highest BCUT2D eigenvalue weighted by molar-refractivity contribution is 5.85. The molecule has 0 aromatic heterocycles. The molecule has 2 unspecified atom stereocenters. The van der Waals surface area contributed by atoms with E-state index in [2.05, 4.69) is 24.5 Å². The highest BCUT2D eigenvalue weighted by Gasteiger charge is 2.33. The maximum absolute atomic E-state index is 12.6. The second-order valence-electron chi connectivity index (χ2n) is 7.07. The molecule has 0 bridgehead atoms. The summed E-state index contributed by atoms with van der Waals surface area (Å²) >= 11 is 0. The maximum atomic E-state index is 12.6. The van der Waals surface area contributed by atoms with E-state index in [1.165, 1.54) is 12.8 Å². The molecule has 2 heterocycles. The van der Waals surface area contributed by atoms with Crippen LogP contribution in [0.15, 0.2) is 24.3 Å². The summed E-state index contributed by atoms with van der Waals surface area (Å²) < 4.78 is 5.64. The van der Waals surface area contributed by atoms with Crippen molar-refractivity contribution in [3.63, 3.8) is 0 Å². The van der Waals surface area contributed by atoms with Crippen molar-refractivity contribution in [2.24, 2.45) is 5.41 Å². The summed E-state index contributed by atoms with van der Waals surface area (Å²) in [6, 6.07) is 8.22. The van der Waals surface area contributed by atoms with Gasteiger partial charge in [-0.3, -0.25) is 4.79 Å². The maximum Gasteiger partial charge on any atom is 0.227 e. The summed E-state index contributed by atoms with van der Waals surface area (Å²) in [5.74, 6) is 0.889. The molecule has 2 aliphatic heterocycles. The third kappa shape index (κ3) is 3.99. The molecule has 1 fully saturated rings. The molecular weight excluding hydrogens is 312 g/mol. The van der Waals surface area contributed by atoms with Crippen LogP contribution in [-0.2, 0) is 4.79 Å². The van der Waals surface area contributed by atoms with Crippen molar-refractivity contribution in [3.05, 3.63) is 29.8 Å². The van der Waals surface area contributed by atoms with Crippen LogP contribution in [0.25, 0.3) is 0 Å². The molecule has 5 heteroatoms. The molecule has 2 aliphatic rings. The van der Waals surface area contributed by atoms with Crippen LogP contribution in [0, 0.1) is 5.41 Å². The van der Waals surface area contributed by atoms with E-state index in [0.717, 1.165) is 24.3 Å². The molecule has 1 aromatic rings. The second-order valence-corrected chi connectivity index (χ2v) is 7.07. The quantitative estimate of drug-likeness (QED) is 0.891. The first kappa shape index (κ1) is 18.1. The Balaban J connectivity index is 0.00000192. The fraction of sp³-hybridized carbons (Fsp3) is 0.611. The number of ether oxygens (including phenoxy) is 1. The van der Waals surface area contributed by atoms with Crippen LogP contribution in [0.3, 0.4) is 0 Å². The van der Waals surface area contributed by atoms with Gasteiger partial charge in [0.2, 0.25) is 5.91 Å². The fourth-order valence-corrected chi connectivity index (χ4v) is 3.56. The Morgan fingerprint density at radius 3 is 2.96 bits per heavy atom. The zero-order valence-electron chi connectivity index (χ0n) is 13.9. The predicted molar refractivity (Wildman–Crippen MR) is 94.4 cm³/mol. The summed E-state index contributed by atoms with van der Waals surface area (Å²) in [7, 11) is 0. The van der Waals surface area contributed by atoms with E-state index in [-0.39, 0.29) is 29.6 Å².